The van der Waals surface area contributed by atoms with Gasteiger partial charge in [0.15, 0.2) is 5.96 Å². The maximum atomic E-state index is 6.25. The molecule has 0 radical (unpaired) electrons. The molecule has 1 unspecified atom stereocenters. The van der Waals surface area contributed by atoms with E-state index in [1.807, 2.05) is 12.1 Å². The third-order valence-electron chi connectivity index (χ3n) is 4.64. The van der Waals surface area contributed by atoms with Gasteiger partial charge in [-0.15, -0.1) is 24.0 Å². The van der Waals surface area contributed by atoms with Crippen molar-refractivity contribution >= 4 is 47.4 Å². The van der Waals surface area contributed by atoms with Crippen LogP contribution in [0, 0.1) is 5.92 Å². The van der Waals surface area contributed by atoms with Crippen molar-refractivity contribution in [1.82, 2.24) is 15.6 Å². The first-order valence-electron chi connectivity index (χ1n) is 8.66. The van der Waals surface area contributed by atoms with Gasteiger partial charge in [-0.2, -0.15) is 0 Å². The van der Waals surface area contributed by atoms with Gasteiger partial charge >= 0.3 is 0 Å². The first kappa shape index (κ1) is 19.6. The predicted octanol–water partition coefficient (Wildman–Crippen LogP) is 3.29. The fourth-order valence-corrected chi connectivity index (χ4v) is 3.33. The SMILES string of the molecule is CCNC(=NCC1CCC1)NC1CCN(c2ncccc2Cl)C1.I. The van der Waals surface area contributed by atoms with Gasteiger partial charge in [-0.05, 0) is 44.2 Å². The molecule has 3 rings (SSSR count). The first-order chi connectivity index (χ1) is 11.3. The maximum absolute atomic E-state index is 6.25. The lowest BCUT2D eigenvalue weighted by Crippen LogP contribution is -2.45. The standard InChI is InChI=1S/C17H26ClN5.HI/c1-2-19-17(21-11-13-5-3-6-13)22-14-8-10-23(12-14)16-15(18)7-4-9-20-16;/h4,7,9,13-14H,2-3,5-6,8,10-12H2,1H3,(H2,19,21,22);1H. The molecule has 2 heterocycles. The van der Waals surface area contributed by atoms with Crippen LogP contribution in [0.3, 0.4) is 0 Å². The molecular formula is C17H27ClIN5. The Hall–Kier alpha value is -0.760. The average molecular weight is 464 g/mol. The molecular weight excluding hydrogens is 437 g/mol. The molecule has 0 amide bonds. The van der Waals surface area contributed by atoms with Crippen molar-refractivity contribution in [3.8, 4) is 0 Å². The van der Waals surface area contributed by atoms with Crippen LogP contribution in [0.4, 0.5) is 5.82 Å². The highest BCUT2D eigenvalue weighted by atomic mass is 127. The zero-order valence-electron chi connectivity index (χ0n) is 14.2. The van der Waals surface area contributed by atoms with Crippen LogP contribution in [0.25, 0.3) is 0 Å². The van der Waals surface area contributed by atoms with Crippen molar-refractivity contribution in [2.24, 2.45) is 10.9 Å². The van der Waals surface area contributed by atoms with Gasteiger partial charge in [0.05, 0.1) is 5.02 Å². The zero-order valence-corrected chi connectivity index (χ0v) is 17.3. The molecule has 1 saturated carbocycles. The third-order valence-corrected chi connectivity index (χ3v) is 4.94. The number of aliphatic imine (C=N–C) groups is 1. The molecule has 134 valence electrons. The highest BCUT2D eigenvalue weighted by Crippen LogP contribution is 2.27. The van der Waals surface area contributed by atoms with Gasteiger partial charge in [-0.3, -0.25) is 4.99 Å². The quantitative estimate of drug-likeness (QED) is 0.400. The fourth-order valence-electron chi connectivity index (χ4n) is 3.09. The molecule has 0 aromatic carbocycles. The van der Waals surface area contributed by atoms with E-state index < -0.39 is 0 Å². The van der Waals surface area contributed by atoms with Crippen LogP contribution in [0.1, 0.15) is 32.6 Å². The lowest BCUT2D eigenvalue weighted by atomic mass is 9.86. The lowest BCUT2D eigenvalue weighted by Gasteiger charge is -2.24. The average Bonchev–Trinajstić information content (AvgIpc) is 2.94. The summed E-state index contributed by atoms with van der Waals surface area (Å²) in [5.41, 5.74) is 0. The molecule has 2 N–H and O–H groups in total. The molecule has 1 aliphatic heterocycles. The molecule has 24 heavy (non-hydrogen) atoms. The molecule has 2 aliphatic rings. The van der Waals surface area contributed by atoms with Crippen LogP contribution in [0.15, 0.2) is 23.3 Å². The van der Waals surface area contributed by atoms with Crippen molar-refractivity contribution in [3.05, 3.63) is 23.4 Å². The van der Waals surface area contributed by atoms with Crippen LogP contribution in [-0.2, 0) is 0 Å². The Morgan fingerprint density at radius 2 is 2.25 bits per heavy atom. The molecule has 1 atom stereocenters. The van der Waals surface area contributed by atoms with Crippen LogP contribution in [0.2, 0.25) is 5.02 Å². The summed E-state index contributed by atoms with van der Waals surface area (Å²) in [7, 11) is 0. The van der Waals surface area contributed by atoms with Crippen molar-refractivity contribution in [3.63, 3.8) is 0 Å². The minimum atomic E-state index is 0. The van der Waals surface area contributed by atoms with Crippen LogP contribution < -0.4 is 15.5 Å². The van der Waals surface area contributed by atoms with E-state index in [1.165, 1.54) is 19.3 Å². The molecule has 5 nitrogen and oxygen atoms in total. The van der Waals surface area contributed by atoms with Crippen LogP contribution in [0.5, 0.6) is 0 Å². The molecule has 1 aromatic heterocycles. The van der Waals surface area contributed by atoms with Crippen LogP contribution >= 0.6 is 35.6 Å². The van der Waals surface area contributed by atoms with E-state index in [0.29, 0.717) is 6.04 Å². The summed E-state index contributed by atoms with van der Waals surface area (Å²) in [6.07, 6.45) is 6.90. The molecule has 0 spiro atoms. The fraction of sp³-hybridized carbons (Fsp3) is 0.647. The normalized spacial score (nSPS) is 21.2. The van der Waals surface area contributed by atoms with Gasteiger partial charge < -0.3 is 15.5 Å². The van der Waals surface area contributed by atoms with E-state index in [2.05, 4.69) is 27.4 Å². The number of nitrogens with one attached hydrogen (secondary N) is 2. The number of pyridine rings is 1. The highest BCUT2D eigenvalue weighted by Gasteiger charge is 2.25. The van der Waals surface area contributed by atoms with Gasteiger partial charge in [-0.1, -0.05) is 18.0 Å². The molecule has 1 aromatic rings. The number of rotatable bonds is 5. The summed E-state index contributed by atoms with van der Waals surface area (Å²) < 4.78 is 0. The minimum Gasteiger partial charge on any atom is -0.357 e. The predicted molar refractivity (Wildman–Crippen MR) is 112 cm³/mol. The van der Waals surface area contributed by atoms with E-state index in [-0.39, 0.29) is 24.0 Å². The largest absolute Gasteiger partial charge is 0.357 e. The number of aromatic nitrogens is 1. The monoisotopic (exact) mass is 463 g/mol. The van der Waals surface area contributed by atoms with Gasteiger partial charge in [0.2, 0.25) is 0 Å². The van der Waals surface area contributed by atoms with E-state index in [9.17, 15) is 0 Å². The van der Waals surface area contributed by atoms with Gasteiger partial charge in [0.1, 0.15) is 5.82 Å². The number of nitrogens with zero attached hydrogens (tertiary/aromatic N) is 3. The smallest absolute Gasteiger partial charge is 0.191 e. The number of hydrogen-bond donors (Lipinski definition) is 2. The van der Waals surface area contributed by atoms with Crippen molar-refractivity contribution in [2.75, 3.05) is 31.1 Å². The number of hydrogen-bond acceptors (Lipinski definition) is 3. The second-order valence-electron chi connectivity index (χ2n) is 6.40. The molecule has 2 fully saturated rings. The lowest BCUT2D eigenvalue weighted by molar-refractivity contribution is 0.325. The van der Waals surface area contributed by atoms with Crippen LogP contribution in [-0.4, -0.2) is 43.2 Å². The summed E-state index contributed by atoms with van der Waals surface area (Å²) >= 11 is 6.25. The van der Waals surface area contributed by atoms with Crippen molar-refractivity contribution < 1.29 is 0 Å². The second-order valence-corrected chi connectivity index (χ2v) is 6.81. The van der Waals surface area contributed by atoms with E-state index in [1.54, 1.807) is 6.20 Å². The Bertz CT molecular complexity index is 550. The zero-order chi connectivity index (χ0) is 16.1. The van der Waals surface area contributed by atoms with Gasteiger partial charge in [0.25, 0.3) is 0 Å². The topological polar surface area (TPSA) is 52.6 Å². The Kier molecular flexibility index (Phi) is 7.87. The number of guanidine groups is 1. The Morgan fingerprint density at radius 1 is 1.42 bits per heavy atom. The molecule has 1 saturated heterocycles. The summed E-state index contributed by atoms with van der Waals surface area (Å²) in [4.78, 5) is 11.4. The number of halogens is 2. The summed E-state index contributed by atoms with van der Waals surface area (Å²) in [5.74, 6) is 2.62. The summed E-state index contributed by atoms with van der Waals surface area (Å²) in [6, 6.07) is 4.15. The Morgan fingerprint density at radius 3 is 2.92 bits per heavy atom. The molecule has 1 aliphatic carbocycles. The molecule has 0 bridgehead atoms. The highest BCUT2D eigenvalue weighted by molar-refractivity contribution is 14.0. The van der Waals surface area contributed by atoms with Crippen molar-refractivity contribution in [2.45, 2.75) is 38.6 Å². The maximum Gasteiger partial charge on any atom is 0.191 e. The summed E-state index contributed by atoms with van der Waals surface area (Å²) in [6.45, 7) is 5.81. The Labute approximate surface area is 166 Å². The number of anilines is 1. The van der Waals surface area contributed by atoms with Gasteiger partial charge in [0, 0.05) is 38.4 Å². The Balaban J connectivity index is 0.00000208. The van der Waals surface area contributed by atoms with Crippen molar-refractivity contribution in [1.29, 1.82) is 0 Å². The molecule has 7 heteroatoms. The third kappa shape index (κ3) is 5.12. The van der Waals surface area contributed by atoms with E-state index >= 15 is 0 Å². The first-order valence-corrected chi connectivity index (χ1v) is 9.04. The minimum absolute atomic E-state index is 0. The summed E-state index contributed by atoms with van der Waals surface area (Å²) in [5, 5.41) is 7.64. The second kappa shape index (κ2) is 9.65. The van der Waals surface area contributed by atoms with E-state index in [0.717, 1.165) is 55.3 Å². The van der Waals surface area contributed by atoms with E-state index in [4.69, 9.17) is 16.6 Å². The van der Waals surface area contributed by atoms with Gasteiger partial charge in [-0.25, -0.2) is 4.98 Å².